The van der Waals surface area contributed by atoms with E-state index in [1.165, 1.54) is 0 Å². The molecule has 0 aromatic rings. The minimum Gasteiger partial charge on any atom is -0.339 e. The molecule has 0 spiro atoms. The van der Waals surface area contributed by atoms with Crippen molar-refractivity contribution in [2.45, 2.75) is 65.0 Å². The molecule has 1 aliphatic heterocycles. The topological polar surface area (TPSA) is 32.3 Å². The Bertz CT molecular complexity index is 234. The van der Waals surface area contributed by atoms with Crippen molar-refractivity contribution in [2.75, 3.05) is 13.1 Å². The Morgan fingerprint density at radius 2 is 2.12 bits per heavy atom. The summed E-state index contributed by atoms with van der Waals surface area (Å²) in [5.74, 6) is 0.310. The van der Waals surface area contributed by atoms with E-state index in [1.54, 1.807) is 0 Å². The second-order valence-electron chi connectivity index (χ2n) is 4.81. The summed E-state index contributed by atoms with van der Waals surface area (Å²) in [6.07, 6.45) is 4.05. The Hall–Kier alpha value is -0.570. The first kappa shape index (κ1) is 13.5. The number of amides is 1. The molecule has 2 unspecified atom stereocenters. The summed E-state index contributed by atoms with van der Waals surface area (Å²) in [6.45, 7) is 10.3. The van der Waals surface area contributed by atoms with Crippen LogP contribution in [-0.4, -0.2) is 35.5 Å². The van der Waals surface area contributed by atoms with Gasteiger partial charge >= 0.3 is 0 Å². The molecule has 3 nitrogen and oxygen atoms in total. The molecule has 1 saturated heterocycles. The Kier molecular flexibility index (Phi) is 4.78. The number of rotatable bonds is 5. The maximum atomic E-state index is 12.6. The molecule has 16 heavy (non-hydrogen) atoms. The van der Waals surface area contributed by atoms with Gasteiger partial charge in [0, 0.05) is 12.6 Å². The lowest BCUT2D eigenvalue weighted by atomic mass is 9.91. The Morgan fingerprint density at radius 1 is 1.44 bits per heavy atom. The molecule has 1 N–H and O–H groups in total. The van der Waals surface area contributed by atoms with Crippen molar-refractivity contribution in [3.8, 4) is 0 Å². The molecule has 3 heteroatoms. The highest BCUT2D eigenvalue weighted by molar-refractivity contribution is 5.87. The zero-order valence-corrected chi connectivity index (χ0v) is 11.2. The number of nitrogens with one attached hydrogen (secondary N) is 1. The van der Waals surface area contributed by atoms with E-state index < -0.39 is 0 Å². The van der Waals surface area contributed by atoms with Crippen LogP contribution in [0.4, 0.5) is 0 Å². The Balaban J connectivity index is 2.80. The van der Waals surface area contributed by atoms with Crippen LogP contribution >= 0.6 is 0 Å². The fourth-order valence-corrected chi connectivity index (χ4v) is 2.59. The molecule has 0 radical (unpaired) electrons. The van der Waals surface area contributed by atoms with Crippen LogP contribution in [0.15, 0.2) is 0 Å². The lowest BCUT2D eigenvalue weighted by Gasteiger charge is -2.36. The van der Waals surface area contributed by atoms with Crippen LogP contribution in [0.3, 0.4) is 0 Å². The number of carbonyl (C=O) groups is 1. The molecule has 2 atom stereocenters. The van der Waals surface area contributed by atoms with Crippen LogP contribution in [0, 0.1) is 0 Å². The molecule has 94 valence electrons. The van der Waals surface area contributed by atoms with Gasteiger partial charge in [-0.2, -0.15) is 0 Å². The van der Waals surface area contributed by atoms with Crippen molar-refractivity contribution in [3.63, 3.8) is 0 Å². The highest BCUT2D eigenvalue weighted by atomic mass is 16.2. The molecule has 1 fully saturated rings. The average Bonchev–Trinajstić information content (AvgIpc) is 2.79. The summed E-state index contributed by atoms with van der Waals surface area (Å²) < 4.78 is 0. The van der Waals surface area contributed by atoms with E-state index in [2.05, 4.69) is 33.0 Å². The third kappa shape index (κ3) is 2.40. The molecule has 0 aromatic heterocycles. The Labute approximate surface area is 99.6 Å². The van der Waals surface area contributed by atoms with Gasteiger partial charge in [0.15, 0.2) is 0 Å². The average molecular weight is 226 g/mol. The molecule has 1 heterocycles. The fraction of sp³-hybridized carbons (Fsp3) is 0.923. The number of hydrogen-bond donors (Lipinski definition) is 1. The molecule has 1 aliphatic rings. The summed E-state index contributed by atoms with van der Waals surface area (Å²) in [5.41, 5.74) is -0.264. The molecule has 0 saturated carbocycles. The van der Waals surface area contributed by atoms with Crippen molar-refractivity contribution in [1.82, 2.24) is 10.2 Å². The predicted molar refractivity (Wildman–Crippen MR) is 67.4 cm³/mol. The monoisotopic (exact) mass is 226 g/mol. The van der Waals surface area contributed by atoms with Gasteiger partial charge in [0.2, 0.25) is 5.91 Å². The van der Waals surface area contributed by atoms with Gasteiger partial charge in [-0.15, -0.1) is 0 Å². The quantitative estimate of drug-likeness (QED) is 0.779. The van der Waals surface area contributed by atoms with E-state index in [9.17, 15) is 4.79 Å². The van der Waals surface area contributed by atoms with Gasteiger partial charge in [-0.3, -0.25) is 4.79 Å². The molecule has 0 bridgehead atoms. The van der Waals surface area contributed by atoms with E-state index in [1.807, 2.05) is 4.90 Å². The van der Waals surface area contributed by atoms with E-state index in [-0.39, 0.29) is 5.54 Å². The Morgan fingerprint density at radius 3 is 2.50 bits per heavy atom. The summed E-state index contributed by atoms with van der Waals surface area (Å²) in [7, 11) is 0. The second-order valence-corrected chi connectivity index (χ2v) is 4.81. The summed E-state index contributed by atoms with van der Waals surface area (Å²) in [4.78, 5) is 14.6. The summed E-state index contributed by atoms with van der Waals surface area (Å²) in [5, 5.41) is 3.42. The maximum Gasteiger partial charge on any atom is 0.243 e. The van der Waals surface area contributed by atoms with Gasteiger partial charge in [0.1, 0.15) is 0 Å². The van der Waals surface area contributed by atoms with E-state index in [0.717, 1.165) is 38.8 Å². The van der Waals surface area contributed by atoms with E-state index in [0.29, 0.717) is 11.9 Å². The van der Waals surface area contributed by atoms with E-state index in [4.69, 9.17) is 0 Å². The molecular formula is C13H26N2O. The lowest BCUT2D eigenvalue weighted by Crippen LogP contribution is -2.56. The zero-order valence-electron chi connectivity index (χ0n) is 11.2. The second kappa shape index (κ2) is 5.67. The van der Waals surface area contributed by atoms with Gasteiger partial charge in [-0.1, -0.05) is 13.8 Å². The van der Waals surface area contributed by atoms with Crippen LogP contribution in [0.25, 0.3) is 0 Å². The summed E-state index contributed by atoms with van der Waals surface area (Å²) in [6, 6.07) is 0.350. The lowest BCUT2D eigenvalue weighted by molar-refractivity contribution is -0.140. The smallest absolute Gasteiger partial charge is 0.243 e. The van der Waals surface area contributed by atoms with Gasteiger partial charge in [-0.25, -0.2) is 0 Å². The van der Waals surface area contributed by atoms with Gasteiger partial charge in [0.25, 0.3) is 0 Å². The van der Waals surface area contributed by atoms with Gasteiger partial charge < -0.3 is 10.2 Å². The van der Waals surface area contributed by atoms with E-state index >= 15 is 0 Å². The molecule has 1 amide bonds. The minimum absolute atomic E-state index is 0.264. The summed E-state index contributed by atoms with van der Waals surface area (Å²) >= 11 is 0. The maximum absolute atomic E-state index is 12.6. The predicted octanol–water partition coefficient (Wildman–Crippen LogP) is 2.17. The fourth-order valence-electron chi connectivity index (χ4n) is 2.59. The van der Waals surface area contributed by atoms with Crippen LogP contribution < -0.4 is 5.32 Å². The third-order valence-corrected chi connectivity index (χ3v) is 3.98. The molecule has 0 aromatic carbocycles. The third-order valence-electron chi connectivity index (χ3n) is 3.98. The normalized spacial score (nSPS) is 26.8. The highest BCUT2D eigenvalue weighted by Gasteiger charge is 2.42. The first-order valence-corrected chi connectivity index (χ1v) is 6.67. The van der Waals surface area contributed by atoms with Crippen LogP contribution in [0.1, 0.15) is 53.4 Å². The number of carbonyl (C=O) groups excluding carboxylic acids is 1. The van der Waals surface area contributed by atoms with Gasteiger partial charge in [0.05, 0.1) is 5.54 Å². The van der Waals surface area contributed by atoms with Crippen molar-refractivity contribution in [2.24, 2.45) is 0 Å². The van der Waals surface area contributed by atoms with Crippen molar-refractivity contribution in [3.05, 3.63) is 0 Å². The van der Waals surface area contributed by atoms with Crippen LogP contribution in [0.2, 0.25) is 0 Å². The van der Waals surface area contributed by atoms with Crippen LogP contribution in [0.5, 0.6) is 0 Å². The number of nitrogens with zero attached hydrogens (tertiary/aromatic N) is 1. The SMILES string of the molecule is CCC(C)N(CC)C(=O)C1(CC)CCCN1. The minimum atomic E-state index is -0.264. The van der Waals surface area contributed by atoms with Gasteiger partial charge in [-0.05, 0) is 46.1 Å². The first-order chi connectivity index (χ1) is 7.61. The largest absolute Gasteiger partial charge is 0.339 e. The van der Waals surface area contributed by atoms with Crippen LogP contribution in [-0.2, 0) is 4.79 Å². The van der Waals surface area contributed by atoms with Crippen molar-refractivity contribution in [1.29, 1.82) is 0 Å². The van der Waals surface area contributed by atoms with Crippen molar-refractivity contribution >= 4 is 5.91 Å². The molecular weight excluding hydrogens is 200 g/mol. The molecule has 1 rings (SSSR count). The van der Waals surface area contributed by atoms with Crippen molar-refractivity contribution < 1.29 is 4.79 Å². The highest BCUT2D eigenvalue weighted by Crippen LogP contribution is 2.26. The standard InChI is InChI=1S/C13H26N2O/c1-5-11(4)15(7-3)12(16)13(6-2)9-8-10-14-13/h11,14H,5-10H2,1-4H3. The zero-order chi connectivity index (χ0) is 12.2. The first-order valence-electron chi connectivity index (χ1n) is 6.67. The number of likely N-dealkylation sites (N-methyl/N-ethyl adjacent to an activating group) is 1. The number of hydrogen-bond acceptors (Lipinski definition) is 2. The molecule has 0 aliphatic carbocycles.